The number of rotatable bonds is 5. The highest BCUT2D eigenvalue weighted by Gasteiger charge is 2.30. The number of nitrogens with zero attached hydrogens (tertiary/aromatic N) is 2. The number of nitrogens with one attached hydrogen (secondary N) is 1. The van der Waals surface area contributed by atoms with Crippen LogP contribution < -0.4 is 5.32 Å². The lowest BCUT2D eigenvalue weighted by Gasteiger charge is -2.40. The van der Waals surface area contributed by atoms with E-state index in [1.165, 1.54) is 58.4 Å². The minimum atomic E-state index is -0.157. The fourth-order valence-electron chi connectivity index (χ4n) is 5.40. The van der Waals surface area contributed by atoms with Gasteiger partial charge in [-0.2, -0.15) is 0 Å². The monoisotopic (exact) mass is 399 g/mol. The Morgan fingerprint density at radius 2 is 1.55 bits per heavy atom. The van der Waals surface area contributed by atoms with E-state index in [1.54, 1.807) is 0 Å². The van der Waals surface area contributed by atoms with Gasteiger partial charge in [0.2, 0.25) is 0 Å². The zero-order valence-electron chi connectivity index (χ0n) is 17.7. The minimum absolute atomic E-state index is 0.157. The molecule has 3 fully saturated rings. The normalized spacial score (nSPS) is 23.2. The van der Waals surface area contributed by atoms with Crippen molar-refractivity contribution in [2.45, 2.75) is 45.1 Å². The van der Waals surface area contributed by atoms with Crippen molar-refractivity contribution >= 4 is 6.09 Å². The van der Waals surface area contributed by atoms with E-state index < -0.39 is 0 Å². The lowest BCUT2D eigenvalue weighted by molar-refractivity contribution is 0.0701. The molecule has 0 atom stereocenters. The molecule has 0 bridgehead atoms. The third kappa shape index (κ3) is 5.95. The van der Waals surface area contributed by atoms with Gasteiger partial charge in [0.05, 0.1) is 0 Å². The molecule has 3 aliphatic rings. The molecule has 4 rings (SSSR count). The highest BCUT2D eigenvalue weighted by molar-refractivity contribution is 5.67. The molecule has 3 aliphatic heterocycles. The van der Waals surface area contributed by atoms with Crippen LogP contribution >= 0.6 is 0 Å². The van der Waals surface area contributed by atoms with Crippen molar-refractivity contribution in [2.75, 3.05) is 45.8 Å². The van der Waals surface area contributed by atoms with Crippen molar-refractivity contribution in [3.63, 3.8) is 0 Å². The predicted molar refractivity (Wildman–Crippen MR) is 116 cm³/mol. The van der Waals surface area contributed by atoms with Crippen molar-refractivity contribution in [1.82, 2.24) is 15.1 Å². The number of benzene rings is 1. The molecule has 1 N–H and O–H groups in total. The van der Waals surface area contributed by atoms with Gasteiger partial charge in [0.1, 0.15) is 6.61 Å². The van der Waals surface area contributed by atoms with Crippen LogP contribution in [0.5, 0.6) is 0 Å². The molecular formula is C24H37N3O2. The van der Waals surface area contributed by atoms with Crippen LogP contribution in [0.2, 0.25) is 0 Å². The first-order chi connectivity index (χ1) is 14.3. The summed E-state index contributed by atoms with van der Waals surface area (Å²) in [6.45, 7) is 8.24. The number of piperidine rings is 3. The van der Waals surface area contributed by atoms with Crippen LogP contribution in [0.1, 0.15) is 44.1 Å². The molecule has 3 heterocycles. The average molecular weight is 400 g/mol. The van der Waals surface area contributed by atoms with Crippen LogP contribution in [0.15, 0.2) is 30.3 Å². The molecule has 0 saturated carbocycles. The van der Waals surface area contributed by atoms with Crippen LogP contribution in [0.25, 0.3) is 0 Å². The number of carbonyl (C=O) groups is 1. The summed E-state index contributed by atoms with van der Waals surface area (Å²) in [6.07, 6.45) is 7.58. The zero-order valence-corrected chi connectivity index (χ0v) is 17.7. The van der Waals surface area contributed by atoms with Gasteiger partial charge in [-0.3, -0.25) is 0 Å². The van der Waals surface area contributed by atoms with Gasteiger partial charge >= 0.3 is 6.09 Å². The van der Waals surface area contributed by atoms with Gasteiger partial charge in [-0.25, -0.2) is 4.79 Å². The second kappa shape index (κ2) is 10.4. The molecule has 0 aliphatic carbocycles. The summed E-state index contributed by atoms with van der Waals surface area (Å²) in [5.41, 5.74) is 1.05. The van der Waals surface area contributed by atoms with E-state index >= 15 is 0 Å². The number of likely N-dealkylation sites (tertiary alicyclic amines) is 2. The van der Waals surface area contributed by atoms with Gasteiger partial charge in [-0.15, -0.1) is 0 Å². The standard InChI is InChI=1S/C24H37N3O2/c28-24(29-19-21-4-2-1-3-5-21)27-16-8-20(9-17-27)18-26-14-10-23(11-15-26)22-6-12-25-13-7-22/h1-5,20,22-23,25H,6-19H2. The Labute approximate surface area is 175 Å². The van der Waals surface area contributed by atoms with Gasteiger partial charge < -0.3 is 19.9 Å². The highest BCUT2D eigenvalue weighted by Crippen LogP contribution is 2.31. The summed E-state index contributed by atoms with van der Waals surface area (Å²) in [6, 6.07) is 9.92. The lowest BCUT2D eigenvalue weighted by atomic mass is 9.79. The van der Waals surface area contributed by atoms with E-state index in [0.29, 0.717) is 6.61 Å². The molecule has 0 aromatic heterocycles. The molecule has 0 spiro atoms. The number of hydrogen-bond acceptors (Lipinski definition) is 4. The van der Waals surface area contributed by atoms with Crippen molar-refractivity contribution < 1.29 is 9.53 Å². The van der Waals surface area contributed by atoms with E-state index in [4.69, 9.17) is 4.74 Å². The maximum atomic E-state index is 12.3. The molecule has 29 heavy (non-hydrogen) atoms. The van der Waals surface area contributed by atoms with Gasteiger partial charge in [0, 0.05) is 19.6 Å². The van der Waals surface area contributed by atoms with Crippen LogP contribution in [0.4, 0.5) is 4.79 Å². The van der Waals surface area contributed by atoms with Gasteiger partial charge in [-0.1, -0.05) is 30.3 Å². The summed E-state index contributed by atoms with van der Waals surface area (Å²) in [7, 11) is 0. The fraction of sp³-hybridized carbons (Fsp3) is 0.708. The lowest BCUT2D eigenvalue weighted by Crippen LogP contribution is -2.44. The van der Waals surface area contributed by atoms with Crippen molar-refractivity contribution in [3.05, 3.63) is 35.9 Å². The summed E-state index contributed by atoms with van der Waals surface area (Å²) in [4.78, 5) is 16.9. The summed E-state index contributed by atoms with van der Waals surface area (Å²) in [5.74, 6) is 2.64. The van der Waals surface area contributed by atoms with E-state index in [1.807, 2.05) is 35.2 Å². The molecule has 1 aromatic rings. The van der Waals surface area contributed by atoms with E-state index in [9.17, 15) is 4.79 Å². The molecule has 1 aromatic carbocycles. The summed E-state index contributed by atoms with van der Waals surface area (Å²) in [5, 5.41) is 3.50. The molecule has 1 amide bonds. The Morgan fingerprint density at radius 1 is 0.897 bits per heavy atom. The van der Waals surface area contributed by atoms with E-state index in [2.05, 4.69) is 10.2 Å². The summed E-state index contributed by atoms with van der Waals surface area (Å²) < 4.78 is 5.49. The maximum absolute atomic E-state index is 12.3. The Bertz CT molecular complexity index is 616. The third-order valence-electron chi connectivity index (χ3n) is 7.28. The first-order valence-corrected chi connectivity index (χ1v) is 11.7. The highest BCUT2D eigenvalue weighted by atomic mass is 16.6. The molecule has 5 heteroatoms. The third-order valence-corrected chi connectivity index (χ3v) is 7.28. The number of ether oxygens (including phenoxy) is 1. The quantitative estimate of drug-likeness (QED) is 0.819. The second-order valence-corrected chi connectivity index (χ2v) is 9.20. The SMILES string of the molecule is O=C(OCc1ccccc1)N1CCC(CN2CCC(C3CCNCC3)CC2)CC1. The van der Waals surface area contributed by atoms with Crippen LogP contribution in [-0.2, 0) is 11.3 Å². The summed E-state index contributed by atoms with van der Waals surface area (Å²) >= 11 is 0. The average Bonchev–Trinajstić information content (AvgIpc) is 2.80. The van der Waals surface area contributed by atoms with E-state index in [-0.39, 0.29) is 6.09 Å². The molecule has 160 valence electrons. The largest absolute Gasteiger partial charge is 0.445 e. The number of carbonyl (C=O) groups excluding carboxylic acids is 1. The maximum Gasteiger partial charge on any atom is 0.410 e. The Hall–Kier alpha value is -1.59. The van der Waals surface area contributed by atoms with Gasteiger partial charge in [-0.05, 0) is 88.0 Å². The number of hydrogen-bond donors (Lipinski definition) is 1. The Morgan fingerprint density at radius 3 is 2.24 bits per heavy atom. The Kier molecular flexibility index (Phi) is 7.44. The molecule has 5 nitrogen and oxygen atoms in total. The fourth-order valence-corrected chi connectivity index (χ4v) is 5.40. The molecule has 0 radical (unpaired) electrons. The molecular weight excluding hydrogens is 362 g/mol. The topological polar surface area (TPSA) is 44.8 Å². The van der Waals surface area contributed by atoms with Gasteiger partial charge in [0.25, 0.3) is 0 Å². The van der Waals surface area contributed by atoms with Crippen molar-refractivity contribution in [2.24, 2.45) is 17.8 Å². The van der Waals surface area contributed by atoms with E-state index in [0.717, 1.165) is 49.2 Å². The minimum Gasteiger partial charge on any atom is -0.445 e. The van der Waals surface area contributed by atoms with Crippen molar-refractivity contribution in [1.29, 1.82) is 0 Å². The van der Waals surface area contributed by atoms with Crippen LogP contribution in [0, 0.1) is 17.8 Å². The second-order valence-electron chi connectivity index (χ2n) is 9.20. The van der Waals surface area contributed by atoms with Crippen LogP contribution in [0.3, 0.4) is 0 Å². The first-order valence-electron chi connectivity index (χ1n) is 11.7. The van der Waals surface area contributed by atoms with Crippen molar-refractivity contribution in [3.8, 4) is 0 Å². The molecule has 0 unspecified atom stereocenters. The zero-order chi connectivity index (χ0) is 19.9. The van der Waals surface area contributed by atoms with Gasteiger partial charge in [0.15, 0.2) is 0 Å². The molecule has 3 saturated heterocycles. The first kappa shape index (κ1) is 20.7. The predicted octanol–water partition coefficient (Wildman–Crippen LogP) is 3.75. The van der Waals surface area contributed by atoms with Crippen LogP contribution in [-0.4, -0.2) is 61.7 Å². The smallest absolute Gasteiger partial charge is 0.410 e. The Balaban J connectivity index is 1.13. The number of amides is 1.